The Balaban J connectivity index is 2.00. The maximum atomic E-state index is 11.8. The number of aryl methyl sites for hydroxylation is 1. The molecule has 0 radical (unpaired) electrons. The molecule has 0 bridgehead atoms. The Morgan fingerprint density at radius 2 is 1.65 bits per heavy atom. The summed E-state index contributed by atoms with van der Waals surface area (Å²) in [6.45, 7) is 1.91. The summed E-state index contributed by atoms with van der Waals surface area (Å²) in [4.78, 5) is 37.2. The van der Waals surface area contributed by atoms with Gasteiger partial charge in [-0.25, -0.2) is 0 Å². The SMILES string of the molecule is Cc1ccc(C(=O)NNC(=O)c2ccc[nH]c2=O)cc1. The van der Waals surface area contributed by atoms with Crippen molar-refractivity contribution in [2.45, 2.75) is 6.92 Å². The second-order valence-corrected chi connectivity index (χ2v) is 4.19. The molecule has 2 aromatic rings. The normalized spacial score (nSPS) is 9.85. The van der Waals surface area contributed by atoms with Crippen LogP contribution in [0.25, 0.3) is 0 Å². The summed E-state index contributed by atoms with van der Waals surface area (Å²) in [5.74, 6) is -1.13. The summed E-state index contributed by atoms with van der Waals surface area (Å²) >= 11 is 0. The van der Waals surface area contributed by atoms with E-state index in [4.69, 9.17) is 0 Å². The molecular formula is C14H13N3O3. The standard InChI is InChI=1S/C14H13N3O3/c1-9-4-6-10(7-5-9)12(18)16-17-14(20)11-3-2-8-15-13(11)19/h2-8H,1H3,(H,15,19)(H,16,18)(H,17,20). The van der Waals surface area contributed by atoms with E-state index in [1.54, 1.807) is 24.3 Å². The Kier molecular flexibility index (Phi) is 3.95. The minimum atomic E-state index is -0.674. The molecule has 3 N–H and O–H groups in total. The van der Waals surface area contributed by atoms with E-state index in [2.05, 4.69) is 15.8 Å². The number of nitrogens with one attached hydrogen (secondary N) is 3. The molecule has 20 heavy (non-hydrogen) atoms. The summed E-state index contributed by atoms with van der Waals surface area (Å²) in [7, 11) is 0. The third kappa shape index (κ3) is 3.11. The van der Waals surface area contributed by atoms with Crippen molar-refractivity contribution in [3.05, 3.63) is 69.6 Å². The fraction of sp³-hybridized carbons (Fsp3) is 0.0714. The largest absolute Gasteiger partial charge is 0.328 e. The summed E-state index contributed by atoms with van der Waals surface area (Å²) in [5.41, 5.74) is 5.30. The first-order valence-electron chi connectivity index (χ1n) is 5.93. The van der Waals surface area contributed by atoms with Crippen LogP contribution in [-0.4, -0.2) is 16.8 Å². The van der Waals surface area contributed by atoms with Gasteiger partial charge in [-0.15, -0.1) is 0 Å². The Morgan fingerprint density at radius 3 is 2.30 bits per heavy atom. The zero-order valence-electron chi connectivity index (χ0n) is 10.8. The maximum absolute atomic E-state index is 11.8. The van der Waals surface area contributed by atoms with Crippen LogP contribution >= 0.6 is 0 Å². The van der Waals surface area contributed by atoms with Crippen molar-refractivity contribution in [2.75, 3.05) is 0 Å². The lowest BCUT2D eigenvalue weighted by Crippen LogP contribution is -2.43. The quantitative estimate of drug-likeness (QED) is 0.704. The molecule has 102 valence electrons. The number of carbonyl (C=O) groups is 2. The topological polar surface area (TPSA) is 91.1 Å². The molecule has 0 fully saturated rings. The Labute approximate surface area is 114 Å². The molecule has 0 saturated heterocycles. The molecule has 0 aliphatic rings. The molecule has 6 heteroatoms. The highest BCUT2D eigenvalue weighted by Gasteiger charge is 2.11. The van der Waals surface area contributed by atoms with Gasteiger partial charge in [-0.1, -0.05) is 17.7 Å². The predicted octanol–water partition coefficient (Wildman–Crippen LogP) is 0.758. The van der Waals surface area contributed by atoms with Crippen molar-refractivity contribution in [1.29, 1.82) is 0 Å². The third-order valence-corrected chi connectivity index (χ3v) is 2.67. The molecule has 2 amide bonds. The van der Waals surface area contributed by atoms with Gasteiger partial charge in [-0.05, 0) is 31.2 Å². The van der Waals surface area contributed by atoms with Gasteiger partial charge in [0.05, 0.1) is 0 Å². The molecule has 0 spiro atoms. The van der Waals surface area contributed by atoms with E-state index in [9.17, 15) is 14.4 Å². The van der Waals surface area contributed by atoms with Crippen LogP contribution < -0.4 is 16.4 Å². The van der Waals surface area contributed by atoms with Crippen LogP contribution in [0.5, 0.6) is 0 Å². The van der Waals surface area contributed by atoms with E-state index < -0.39 is 17.4 Å². The highest BCUT2D eigenvalue weighted by Crippen LogP contribution is 2.02. The number of aromatic nitrogens is 1. The number of amides is 2. The highest BCUT2D eigenvalue weighted by atomic mass is 16.2. The molecule has 0 aliphatic heterocycles. The van der Waals surface area contributed by atoms with Crippen LogP contribution in [0.4, 0.5) is 0 Å². The van der Waals surface area contributed by atoms with Gasteiger partial charge in [-0.3, -0.25) is 25.2 Å². The van der Waals surface area contributed by atoms with Gasteiger partial charge in [0.25, 0.3) is 17.4 Å². The van der Waals surface area contributed by atoms with E-state index in [0.29, 0.717) is 5.56 Å². The number of carbonyl (C=O) groups excluding carboxylic acids is 2. The summed E-state index contributed by atoms with van der Waals surface area (Å²) < 4.78 is 0. The van der Waals surface area contributed by atoms with Crippen LogP contribution in [0.15, 0.2) is 47.4 Å². The van der Waals surface area contributed by atoms with E-state index in [0.717, 1.165) is 5.56 Å². The predicted molar refractivity (Wildman–Crippen MR) is 73.2 cm³/mol. The fourth-order valence-electron chi connectivity index (χ4n) is 1.56. The van der Waals surface area contributed by atoms with E-state index in [-0.39, 0.29) is 5.56 Å². The van der Waals surface area contributed by atoms with Gasteiger partial charge < -0.3 is 4.98 Å². The van der Waals surface area contributed by atoms with Gasteiger partial charge in [-0.2, -0.15) is 0 Å². The molecule has 6 nitrogen and oxygen atoms in total. The van der Waals surface area contributed by atoms with Crippen LogP contribution in [0.3, 0.4) is 0 Å². The van der Waals surface area contributed by atoms with Crippen LogP contribution in [0, 0.1) is 6.92 Å². The summed E-state index contributed by atoms with van der Waals surface area (Å²) in [5, 5.41) is 0. The average molecular weight is 271 g/mol. The first kappa shape index (κ1) is 13.5. The zero-order chi connectivity index (χ0) is 14.5. The van der Waals surface area contributed by atoms with E-state index >= 15 is 0 Å². The lowest BCUT2D eigenvalue weighted by molar-refractivity contribution is 0.0846. The molecule has 0 unspecified atom stereocenters. The van der Waals surface area contributed by atoms with Gasteiger partial charge in [0.15, 0.2) is 0 Å². The fourth-order valence-corrected chi connectivity index (χ4v) is 1.56. The Morgan fingerprint density at radius 1 is 1.00 bits per heavy atom. The lowest BCUT2D eigenvalue weighted by Gasteiger charge is -2.07. The molecular weight excluding hydrogens is 258 g/mol. The molecule has 0 saturated carbocycles. The first-order valence-corrected chi connectivity index (χ1v) is 5.93. The number of aromatic amines is 1. The van der Waals surface area contributed by atoms with Crippen LogP contribution in [0.1, 0.15) is 26.3 Å². The molecule has 1 heterocycles. The monoisotopic (exact) mass is 271 g/mol. The van der Waals surface area contributed by atoms with E-state index in [1.165, 1.54) is 18.3 Å². The number of benzene rings is 1. The Bertz CT molecular complexity index is 689. The number of rotatable bonds is 2. The van der Waals surface area contributed by atoms with Crippen molar-refractivity contribution < 1.29 is 9.59 Å². The summed E-state index contributed by atoms with van der Waals surface area (Å²) in [6, 6.07) is 9.76. The molecule has 1 aromatic heterocycles. The number of pyridine rings is 1. The zero-order valence-corrected chi connectivity index (χ0v) is 10.8. The second-order valence-electron chi connectivity index (χ2n) is 4.19. The van der Waals surface area contributed by atoms with E-state index in [1.807, 2.05) is 6.92 Å². The summed E-state index contributed by atoms with van der Waals surface area (Å²) in [6.07, 6.45) is 1.42. The minimum Gasteiger partial charge on any atom is -0.328 e. The second kappa shape index (κ2) is 5.83. The van der Waals surface area contributed by atoms with Crippen LogP contribution in [-0.2, 0) is 0 Å². The molecule has 0 atom stereocenters. The smallest absolute Gasteiger partial charge is 0.275 e. The molecule has 1 aromatic carbocycles. The minimum absolute atomic E-state index is 0.0725. The number of hydrogen-bond donors (Lipinski definition) is 3. The van der Waals surface area contributed by atoms with Gasteiger partial charge in [0, 0.05) is 11.8 Å². The number of hydrazine groups is 1. The van der Waals surface area contributed by atoms with Crippen LogP contribution in [0.2, 0.25) is 0 Å². The molecule has 0 aliphatic carbocycles. The molecule has 2 rings (SSSR count). The Hall–Kier alpha value is -2.89. The van der Waals surface area contributed by atoms with Crippen molar-refractivity contribution >= 4 is 11.8 Å². The third-order valence-electron chi connectivity index (χ3n) is 2.67. The van der Waals surface area contributed by atoms with Gasteiger partial charge >= 0.3 is 0 Å². The van der Waals surface area contributed by atoms with Gasteiger partial charge in [0.1, 0.15) is 5.56 Å². The van der Waals surface area contributed by atoms with Crippen molar-refractivity contribution in [3.63, 3.8) is 0 Å². The van der Waals surface area contributed by atoms with Gasteiger partial charge in [0.2, 0.25) is 0 Å². The first-order chi connectivity index (χ1) is 9.58. The lowest BCUT2D eigenvalue weighted by atomic mass is 10.1. The van der Waals surface area contributed by atoms with Crippen molar-refractivity contribution in [3.8, 4) is 0 Å². The average Bonchev–Trinajstić information content (AvgIpc) is 2.45. The number of H-pyrrole nitrogens is 1. The van der Waals surface area contributed by atoms with Crippen molar-refractivity contribution in [1.82, 2.24) is 15.8 Å². The highest BCUT2D eigenvalue weighted by molar-refractivity contribution is 5.98. The maximum Gasteiger partial charge on any atom is 0.275 e. The van der Waals surface area contributed by atoms with Crippen molar-refractivity contribution in [2.24, 2.45) is 0 Å². The number of hydrogen-bond acceptors (Lipinski definition) is 3.